The number of hydrogen-bond donors (Lipinski definition) is 1. The smallest absolute Gasteiger partial charge is 0.129 e. The zero-order valence-corrected chi connectivity index (χ0v) is 12.5. The summed E-state index contributed by atoms with van der Waals surface area (Å²) >= 11 is 5.79. The van der Waals surface area contributed by atoms with Gasteiger partial charge in [-0.1, -0.05) is 31.5 Å². The maximum absolute atomic E-state index is 13.9. The van der Waals surface area contributed by atoms with Crippen LogP contribution in [-0.4, -0.2) is 30.1 Å². The highest BCUT2D eigenvalue weighted by Crippen LogP contribution is 2.20. The van der Waals surface area contributed by atoms with E-state index in [-0.39, 0.29) is 5.82 Å². The van der Waals surface area contributed by atoms with Crippen LogP contribution in [0, 0.1) is 11.7 Å². The van der Waals surface area contributed by atoms with Crippen LogP contribution in [0.1, 0.15) is 26.3 Å². The molecule has 0 spiro atoms. The Morgan fingerprint density at radius 2 is 2.21 bits per heavy atom. The van der Waals surface area contributed by atoms with Crippen molar-refractivity contribution < 1.29 is 4.39 Å². The molecule has 2 nitrogen and oxygen atoms in total. The van der Waals surface area contributed by atoms with Gasteiger partial charge < -0.3 is 5.32 Å². The molecule has 0 saturated carbocycles. The van der Waals surface area contributed by atoms with Crippen molar-refractivity contribution in [3.63, 3.8) is 0 Å². The number of hydrogen-bond acceptors (Lipinski definition) is 2. The van der Waals surface area contributed by atoms with Crippen molar-refractivity contribution in [3.8, 4) is 0 Å². The average molecular weight is 285 g/mol. The molecule has 1 saturated heterocycles. The van der Waals surface area contributed by atoms with Gasteiger partial charge in [0, 0.05) is 42.3 Å². The first kappa shape index (κ1) is 14.8. The van der Waals surface area contributed by atoms with E-state index >= 15 is 0 Å². The van der Waals surface area contributed by atoms with E-state index in [1.54, 1.807) is 12.1 Å². The Labute approximate surface area is 119 Å². The topological polar surface area (TPSA) is 15.3 Å². The van der Waals surface area contributed by atoms with Crippen LogP contribution >= 0.6 is 11.6 Å². The predicted molar refractivity (Wildman–Crippen MR) is 77.9 cm³/mol. The third-order valence-corrected chi connectivity index (χ3v) is 4.16. The van der Waals surface area contributed by atoms with E-state index in [0.717, 1.165) is 18.7 Å². The highest BCUT2D eigenvalue weighted by molar-refractivity contribution is 6.30. The van der Waals surface area contributed by atoms with Crippen LogP contribution in [0.25, 0.3) is 0 Å². The van der Waals surface area contributed by atoms with Crippen LogP contribution in [0.3, 0.4) is 0 Å². The molecule has 106 valence electrons. The first-order valence-corrected chi connectivity index (χ1v) is 7.26. The predicted octanol–water partition coefficient (Wildman–Crippen LogP) is 3.30. The van der Waals surface area contributed by atoms with Crippen LogP contribution < -0.4 is 5.32 Å². The molecule has 0 aliphatic carbocycles. The summed E-state index contributed by atoms with van der Waals surface area (Å²) in [5.74, 6) is 0.379. The van der Waals surface area contributed by atoms with Crippen molar-refractivity contribution in [3.05, 3.63) is 34.6 Å². The number of rotatable bonds is 3. The number of piperazine rings is 1. The van der Waals surface area contributed by atoms with E-state index in [1.165, 1.54) is 6.07 Å². The van der Waals surface area contributed by atoms with Gasteiger partial charge in [0.05, 0.1) is 0 Å². The Hall–Kier alpha value is -0.640. The Balaban J connectivity index is 2.07. The molecule has 1 aliphatic heterocycles. The maximum Gasteiger partial charge on any atom is 0.129 e. The third kappa shape index (κ3) is 3.68. The Morgan fingerprint density at radius 3 is 2.84 bits per heavy atom. The van der Waals surface area contributed by atoms with Gasteiger partial charge in [0.2, 0.25) is 0 Å². The van der Waals surface area contributed by atoms with Crippen LogP contribution in [0.5, 0.6) is 0 Å². The Bertz CT molecular complexity index is 436. The lowest BCUT2D eigenvalue weighted by atomic mass is 9.99. The molecule has 0 radical (unpaired) electrons. The minimum Gasteiger partial charge on any atom is -0.311 e. The fraction of sp³-hybridized carbons (Fsp3) is 0.600. The molecule has 1 aliphatic rings. The van der Waals surface area contributed by atoms with Crippen molar-refractivity contribution in [2.45, 2.75) is 39.4 Å². The molecular weight excluding hydrogens is 263 g/mol. The summed E-state index contributed by atoms with van der Waals surface area (Å²) in [4.78, 5) is 2.34. The summed E-state index contributed by atoms with van der Waals surface area (Å²) in [7, 11) is 0. The zero-order valence-electron chi connectivity index (χ0n) is 11.8. The fourth-order valence-electron chi connectivity index (χ4n) is 2.48. The summed E-state index contributed by atoms with van der Waals surface area (Å²) < 4.78 is 13.9. The first-order chi connectivity index (χ1) is 8.97. The van der Waals surface area contributed by atoms with Gasteiger partial charge in [-0.3, -0.25) is 4.90 Å². The van der Waals surface area contributed by atoms with Gasteiger partial charge >= 0.3 is 0 Å². The molecule has 2 unspecified atom stereocenters. The quantitative estimate of drug-likeness (QED) is 0.916. The molecule has 1 fully saturated rings. The van der Waals surface area contributed by atoms with Gasteiger partial charge in [-0.05, 0) is 25.0 Å². The molecule has 0 bridgehead atoms. The lowest BCUT2D eigenvalue weighted by Gasteiger charge is -2.40. The minimum absolute atomic E-state index is 0.209. The molecule has 0 aromatic heterocycles. The average Bonchev–Trinajstić information content (AvgIpc) is 2.34. The van der Waals surface area contributed by atoms with Crippen molar-refractivity contribution >= 4 is 11.6 Å². The zero-order chi connectivity index (χ0) is 14.0. The number of halogens is 2. The maximum atomic E-state index is 13.9. The highest BCUT2D eigenvalue weighted by Gasteiger charge is 2.27. The lowest BCUT2D eigenvalue weighted by molar-refractivity contribution is 0.115. The van der Waals surface area contributed by atoms with E-state index in [9.17, 15) is 4.39 Å². The van der Waals surface area contributed by atoms with E-state index < -0.39 is 0 Å². The second-order valence-electron chi connectivity index (χ2n) is 5.77. The van der Waals surface area contributed by atoms with E-state index in [0.29, 0.717) is 29.6 Å². The van der Waals surface area contributed by atoms with Gasteiger partial charge in [-0.2, -0.15) is 0 Å². The summed E-state index contributed by atoms with van der Waals surface area (Å²) in [5, 5.41) is 4.00. The molecule has 2 rings (SSSR count). The van der Waals surface area contributed by atoms with E-state index in [4.69, 9.17) is 11.6 Å². The standard InChI is InChI=1S/C15H22ClFN2/c1-10(2)15-9-19(11(3)7-18-15)8-12-4-5-13(16)6-14(12)17/h4-6,10-11,15,18H,7-9H2,1-3H3. The SMILES string of the molecule is CC(C)C1CN(Cc2ccc(Cl)cc2F)C(C)CN1. The summed E-state index contributed by atoms with van der Waals surface area (Å²) in [6.07, 6.45) is 0. The first-order valence-electron chi connectivity index (χ1n) is 6.88. The lowest BCUT2D eigenvalue weighted by Crippen LogP contribution is -2.56. The van der Waals surface area contributed by atoms with Gasteiger partial charge in [0.15, 0.2) is 0 Å². The molecule has 2 atom stereocenters. The third-order valence-electron chi connectivity index (χ3n) is 3.92. The van der Waals surface area contributed by atoms with Gasteiger partial charge in [-0.15, -0.1) is 0 Å². The van der Waals surface area contributed by atoms with Crippen molar-refractivity contribution in [2.75, 3.05) is 13.1 Å². The summed E-state index contributed by atoms with van der Waals surface area (Å²) in [6.45, 7) is 9.18. The molecule has 19 heavy (non-hydrogen) atoms. The molecule has 1 aromatic rings. The molecule has 0 amide bonds. The summed E-state index contributed by atoms with van der Waals surface area (Å²) in [5.41, 5.74) is 0.723. The Morgan fingerprint density at radius 1 is 1.47 bits per heavy atom. The molecule has 1 heterocycles. The van der Waals surface area contributed by atoms with Crippen LogP contribution in [0.15, 0.2) is 18.2 Å². The van der Waals surface area contributed by atoms with Crippen LogP contribution in [-0.2, 0) is 6.54 Å². The number of benzene rings is 1. The molecule has 4 heteroatoms. The second-order valence-corrected chi connectivity index (χ2v) is 6.21. The Kier molecular flexibility index (Phi) is 4.82. The van der Waals surface area contributed by atoms with E-state index in [2.05, 4.69) is 31.0 Å². The van der Waals surface area contributed by atoms with Crippen molar-refractivity contribution in [1.29, 1.82) is 0 Å². The number of nitrogens with one attached hydrogen (secondary N) is 1. The highest BCUT2D eigenvalue weighted by atomic mass is 35.5. The minimum atomic E-state index is -0.209. The fourth-order valence-corrected chi connectivity index (χ4v) is 2.64. The van der Waals surface area contributed by atoms with Crippen LogP contribution in [0.4, 0.5) is 4.39 Å². The molecular formula is C15H22ClFN2. The van der Waals surface area contributed by atoms with Gasteiger partial charge in [0.25, 0.3) is 0 Å². The largest absolute Gasteiger partial charge is 0.311 e. The normalized spacial score (nSPS) is 24.9. The van der Waals surface area contributed by atoms with Gasteiger partial charge in [-0.25, -0.2) is 4.39 Å². The molecule has 1 N–H and O–H groups in total. The van der Waals surface area contributed by atoms with Gasteiger partial charge in [0.1, 0.15) is 5.82 Å². The molecule has 1 aromatic carbocycles. The van der Waals surface area contributed by atoms with Crippen molar-refractivity contribution in [1.82, 2.24) is 10.2 Å². The summed E-state index contributed by atoms with van der Waals surface area (Å²) in [6, 6.07) is 5.84. The second kappa shape index (κ2) is 6.21. The van der Waals surface area contributed by atoms with E-state index in [1.807, 2.05) is 0 Å². The number of nitrogens with zero attached hydrogens (tertiary/aromatic N) is 1. The van der Waals surface area contributed by atoms with Crippen LogP contribution in [0.2, 0.25) is 5.02 Å². The van der Waals surface area contributed by atoms with Crippen molar-refractivity contribution in [2.24, 2.45) is 5.92 Å². The monoisotopic (exact) mass is 284 g/mol.